The first-order chi connectivity index (χ1) is 10.2. The molecule has 4 N–H and O–H groups in total. The maximum absolute atomic E-state index is 6.12. The fraction of sp³-hybridized carbons (Fsp3) is 0.714. The summed E-state index contributed by atoms with van der Waals surface area (Å²) in [5.74, 6) is 1.40. The summed E-state index contributed by atoms with van der Waals surface area (Å²) in [4.78, 5) is 10.8. The highest BCUT2D eigenvalue weighted by molar-refractivity contribution is 5.74. The summed E-state index contributed by atoms with van der Waals surface area (Å²) >= 11 is 0. The molecule has 7 heteroatoms. The Bertz CT molecular complexity index is 435. The number of ether oxygens (including phenoxy) is 1. The molecule has 0 saturated carbocycles. The first-order valence-corrected chi connectivity index (χ1v) is 7.61. The van der Waals surface area contributed by atoms with Crippen molar-refractivity contribution in [3.05, 3.63) is 6.33 Å². The van der Waals surface area contributed by atoms with Crippen LogP contribution < -0.4 is 16.4 Å². The van der Waals surface area contributed by atoms with Gasteiger partial charge in [-0.3, -0.25) is 4.90 Å². The highest BCUT2D eigenvalue weighted by atomic mass is 16.5. The lowest BCUT2D eigenvalue weighted by molar-refractivity contribution is 0.0398. The number of rotatable bonds is 7. The van der Waals surface area contributed by atoms with Crippen molar-refractivity contribution < 1.29 is 4.74 Å². The van der Waals surface area contributed by atoms with Crippen LogP contribution in [0.2, 0.25) is 0 Å². The van der Waals surface area contributed by atoms with Gasteiger partial charge in [0.2, 0.25) is 0 Å². The Balaban J connectivity index is 1.86. The summed E-state index contributed by atoms with van der Waals surface area (Å²) < 4.78 is 5.34. The van der Waals surface area contributed by atoms with Crippen LogP contribution in [0.15, 0.2) is 6.33 Å². The summed E-state index contributed by atoms with van der Waals surface area (Å²) in [7, 11) is 0. The van der Waals surface area contributed by atoms with Crippen LogP contribution in [0.25, 0.3) is 0 Å². The van der Waals surface area contributed by atoms with Gasteiger partial charge in [0.25, 0.3) is 0 Å². The Labute approximate surface area is 126 Å². The zero-order valence-electron chi connectivity index (χ0n) is 12.9. The van der Waals surface area contributed by atoms with Crippen molar-refractivity contribution in [3.63, 3.8) is 0 Å². The topological polar surface area (TPSA) is 88.3 Å². The SMILES string of the molecule is CCC(C)Nc1ncnc(NCCN2CCOCC2)c1N. The minimum Gasteiger partial charge on any atom is -0.393 e. The van der Waals surface area contributed by atoms with Crippen LogP contribution >= 0.6 is 0 Å². The van der Waals surface area contributed by atoms with Gasteiger partial charge in [-0.2, -0.15) is 0 Å². The van der Waals surface area contributed by atoms with Crippen molar-refractivity contribution in [2.75, 3.05) is 55.8 Å². The van der Waals surface area contributed by atoms with Gasteiger partial charge in [0, 0.05) is 32.2 Å². The van der Waals surface area contributed by atoms with Gasteiger partial charge >= 0.3 is 0 Å². The Hall–Kier alpha value is -1.60. The molecular weight excluding hydrogens is 268 g/mol. The van der Waals surface area contributed by atoms with E-state index in [2.05, 4.69) is 39.3 Å². The van der Waals surface area contributed by atoms with Gasteiger partial charge in [0.1, 0.15) is 12.0 Å². The second kappa shape index (κ2) is 7.99. The molecule has 1 aliphatic heterocycles. The molecule has 1 fully saturated rings. The number of hydrogen-bond acceptors (Lipinski definition) is 7. The Morgan fingerprint density at radius 2 is 2.05 bits per heavy atom. The number of nitrogen functional groups attached to an aromatic ring is 1. The molecule has 1 saturated heterocycles. The molecule has 2 rings (SSSR count). The molecule has 21 heavy (non-hydrogen) atoms. The molecule has 1 aromatic heterocycles. The second-order valence-corrected chi connectivity index (χ2v) is 5.32. The molecule has 1 unspecified atom stereocenters. The average Bonchev–Trinajstić information content (AvgIpc) is 2.52. The maximum Gasteiger partial charge on any atom is 0.155 e. The molecule has 0 aliphatic carbocycles. The fourth-order valence-electron chi connectivity index (χ4n) is 2.14. The van der Waals surface area contributed by atoms with E-state index in [9.17, 15) is 0 Å². The van der Waals surface area contributed by atoms with Gasteiger partial charge in [-0.25, -0.2) is 9.97 Å². The van der Waals surface area contributed by atoms with E-state index in [1.54, 1.807) is 0 Å². The van der Waals surface area contributed by atoms with Gasteiger partial charge in [-0.1, -0.05) is 6.92 Å². The molecule has 0 spiro atoms. The van der Waals surface area contributed by atoms with Crippen molar-refractivity contribution in [2.45, 2.75) is 26.3 Å². The van der Waals surface area contributed by atoms with Gasteiger partial charge in [-0.15, -0.1) is 0 Å². The highest BCUT2D eigenvalue weighted by Gasteiger charge is 2.12. The minimum atomic E-state index is 0.336. The standard InChI is InChI=1S/C14H26N6O/c1-3-11(2)19-14-12(15)13(17-10-18-14)16-4-5-20-6-8-21-9-7-20/h10-11H,3-9,15H2,1-2H3,(H2,16,17,18,19). The van der Waals surface area contributed by atoms with Crippen LogP contribution in [0.4, 0.5) is 17.3 Å². The zero-order chi connectivity index (χ0) is 15.1. The molecule has 2 heterocycles. The number of nitrogens with zero attached hydrogens (tertiary/aromatic N) is 3. The van der Waals surface area contributed by atoms with Gasteiger partial charge in [-0.05, 0) is 13.3 Å². The predicted octanol–water partition coefficient (Wildman–Crippen LogP) is 1.01. The molecule has 1 atom stereocenters. The van der Waals surface area contributed by atoms with Crippen molar-refractivity contribution in [3.8, 4) is 0 Å². The molecular formula is C14H26N6O. The van der Waals surface area contributed by atoms with Crippen molar-refractivity contribution in [1.29, 1.82) is 0 Å². The number of morpholine rings is 1. The van der Waals surface area contributed by atoms with Gasteiger partial charge in [0.15, 0.2) is 11.6 Å². The lowest BCUT2D eigenvalue weighted by Crippen LogP contribution is -2.39. The molecule has 0 bridgehead atoms. The van der Waals surface area contributed by atoms with Crippen LogP contribution in [0.1, 0.15) is 20.3 Å². The maximum atomic E-state index is 6.12. The van der Waals surface area contributed by atoms with Crippen LogP contribution in [-0.2, 0) is 4.74 Å². The van der Waals surface area contributed by atoms with E-state index in [4.69, 9.17) is 10.5 Å². The molecule has 0 aromatic carbocycles. The molecule has 0 radical (unpaired) electrons. The van der Waals surface area contributed by atoms with E-state index in [1.165, 1.54) is 6.33 Å². The molecule has 118 valence electrons. The van der Waals surface area contributed by atoms with Crippen molar-refractivity contribution in [1.82, 2.24) is 14.9 Å². The largest absolute Gasteiger partial charge is 0.393 e. The third-order valence-electron chi connectivity index (χ3n) is 3.70. The first-order valence-electron chi connectivity index (χ1n) is 7.61. The van der Waals surface area contributed by atoms with E-state index < -0.39 is 0 Å². The third-order valence-corrected chi connectivity index (χ3v) is 3.70. The zero-order valence-corrected chi connectivity index (χ0v) is 12.9. The van der Waals surface area contributed by atoms with Gasteiger partial charge < -0.3 is 21.1 Å². The minimum absolute atomic E-state index is 0.336. The summed E-state index contributed by atoms with van der Waals surface area (Å²) in [5.41, 5.74) is 6.71. The summed E-state index contributed by atoms with van der Waals surface area (Å²) in [6, 6.07) is 0.336. The molecule has 7 nitrogen and oxygen atoms in total. The number of aromatic nitrogens is 2. The van der Waals surface area contributed by atoms with E-state index in [-0.39, 0.29) is 0 Å². The number of anilines is 3. The average molecular weight is 294 g/mol. The van der Waals surface area contributed by atoms with Crippen molar-refractivity contribution >= 4 is 17.3 Å². The van der Waals surface area contributed by atoms with Crippen LogP contribution in [0.3, 0.4) is 0 Å². The Morgan fingerprint density at radius 1 is 1.33 bits per heavy atom. The normalized spacial score (nSPS) is 17.4. The monoisotopic (exact) mass is 294 g/mol. The fourth-order valence-corrected chi connectivity index (χ4v) is 2.14. The second-order valence-electron chi connectivity index (χ2n) is 5.32. The van der Waals surface area contributed by atoms with Crippen LogP contribution in [0.5, 0.6) is 0 Å². The molecule has 1 aliphatic rings. The Kier molecular flexibility index (Phi) is 6.01. The smallest absolute Gasteiger partial charge is 0.155 e. The van der Waals surface area contributed by atoms with Crippen LogP contribution in [-0.4, -0.2) is 60.3 Å². The van der Waals surface area contributed by atoms with Gasteiger partial charge in [0.05, 0.1) is 13.2 Å². The lowest BCUT2D eigenvalue weighted by atomic mass is 10.2. The highest BCUT2D eigenvalue weighted by Crippen LogP contribution is 2.23. The number of hydrogen-bond donors (Lipinski definition) is 3. The van der Waals surface area contributed by atoms with Crippen molar-refractivity contribution in [2.24, 2.45) is 0 Å². The number of nitrogens with two attached hydrogens (primary N) is 1. The molecule has 0 amide bonds. The lowest BCUT2D eigenvalue weighted by Gasteiger charge is -2.26. The van der Waals surface area contributed by atoms with Crippen LogP contribution in [0, 0.1) is 0 Å². The number of nitrogens with one attached hydrogen (secondary N) is 2. The van der Waals surface area contributed by atoms with E-state index in [0.717, 1.165) is 45.8 Å². The summed E-state index contributed by atoms with van der Waals surface area (Å²) in [5, 5.41) is 6.59. The van der Waals surface area contributed by atoms with E-state index >= 15 is 0 Å². The Morgan fingerprint density at radius 3 is 2.76 bits per heavy atom. The summed E-state index contributed by atoms with van der Waals surface area (Å²) in [6.45, 7) is 9.61. The predicted molar refractivity (Wildman–Crippen MR) is 85.6 cm³/mol. The molecule has 1 aromatic rings. The quantitative estimate of drug-likeness (QED) is 0.691. The first kappa shape index (κ1) is 15.8. The summed E-state index contributed by atoms with van der Waals surface area (Å²) in [6.07, 6.45) is 2.56. The van der Waals surface area contributed by atoms with E-state index in [1.807, 2.05) is 0 Å². The third kappa shape index (κ3) is 4.71. The van der Waals surface area contributed by atoms with E-state index in [0.29, 0.717) is 23.4 Å².